The molecule has 0 bridgehead atoms. The normalized spacial score (nSPS) is 11.0. The van der Waals surface area contributed by atoms with Crippen molar-refractivity contribution in [3.05, 3.63) is 21.9 Å². The highest BCUT2D eigenvalue weighted by molar-refractivity contribution is 7.15. The quantitative estimate of drug-likeness (QED) is 0.628. The van der Waals surface area contributed by atoms with Gasteiger partial charge in [-0.05, 0) is 0 Å². The maximum Gasteiger partial charge on any atom is 0.196 e. The number of halogens is 2. The van der Waals surface area contributed by atoms with Crippen molar-refractivity contribution in [3.63, 3.8) is 0 Å². The Morgan fingerprint density at radius 2 is 2.30 bits per heavy atom. The van der Waals surface area contributed by atoms with Crippen molar-refractivity contribution in [2.24, 2.45) is 0 Å². The number of hydrogen-bond donors (Lipinski definition) is 0. The van der Waals surface area contributed by atoms with Gasteiger partial charge in [0.1, 0.15) is 0 Å². The first-order valence-electron chi connectivity index (χ1n) is 2.55. The minimum absolute atomic E-state index is 0.369. The number of hydrogen-bond acceptors (Lipinski definition) is 2. The molecule has 2 aromatic heterocycles. The van der Waals surface area contributed by atoms with E-state index in [1.807, 2.05) is 11.6 Å². The molecule has 0 aromatic carbocycles. The van der Waals surface area contributed by atoms with Crippen molar-refractivity contribution in [1.29, 1.82) is 0 Å². The van der Waals surface area contributed by atoms with Crippen molar-refractivity contribution in [2.45, 2.75) is 0 Å². The molecule has 0 fully saturated rings. The van der Waals surface area contributed by atoms with Gasteiger partial charge in [-0.25, -0.2) is 4.98 Å². The fourth-order valence-corrected chi connectivity index (χ4v) is 1.90. The minimum atomic E-state index is 0.369. The van der Waals surface area contributed by atoms with Gasteiger partial charge in [-0.15, -0.1) is 11.3 Å². The van der Waals surface area contributed by atoms with Crippen LogP contribution in [0.15, 0.2) is 11.6 Å². The Kier molecular flexibility index (Phi) is 1.37. The second-order valence-electron chi connectivity index (χ2n) is 1.75. The van der Waals surface area contributed by atoms with Crippen molar-refractivity contribution < 1.29 is 0 Å². The highest BCUT2D eigenvalue weighted by atomic mass is 35.5. The van der Waals surface area contributed by atoms with E-state index in [-0.39, 0.29) is 0 Å². The number of thiazole rings is 1. The molecule has 0 saturated carbocycles. The van der Waals surface area contributed by atoms with E-state index >= 15 is 0 Å². The Labute approximate surface area is 71.0 Å². The van der Waals surface area contributed by atoms with E-state index in [9.17, 15) is 0 Å². The summed E-state index contributed by atoms with van der Waals surface area (Å²) >= 11 is 12.9. The second-order valence-corrected chi connectivity index (χ2v) is 3.34. The van der Waals surface area contributed by atoms with Crippen LogP contribution < -0.4 is 0 Å². The zero-order valence-corrected chi connectivity index (χ0v) is 7.04. The summed E-state index contributed by atoms with van der Waals surface area (Å²) in [4.78, 5) is 4.82. The molecule has 10 heavy (non-hydrogen) atoms. The fraction of sp³-hybridized carbons (Fsp3) is 0. The lowest BCUT2D eigenvalue weighted by molar-refractivity contribution is 1.23. The Balaban J connectivity index is 2.95. The average Bonchev–Trinajstić information content (AvgIpc) is 2.41. The number of rotatable bonds is 0. The molecule has 2 nitrogen and oxygen atoms in total. The summed E-state index contributed by atoms with van der Waals surface area (Å²) in [5.41, 5.74) is 0. The van der Waals surface area contributed by atoms with Crippen LogP contribution >= 0.6 is 34.5 Å². The van der Waals surface area contributed by atoms with E-state index in [1.54, 1.807) is 4.40 Å². The van der Waals surface area contributed by atoms with Crippen LogP contribution in [0.2, 0.25) is 10.3 Å². The molecule has 0 spiro atoms. The van der Waals surface area contributed by atoms with Crippen molar-refractivity contribution >= 4 is 39.5 Å². The first-order valence-corrected chi connectivity index (χ1v) is 4.19. The Morgan fingerprint density at radius 1 is 1.50 bits per heavy atom. The van der Waals surface area contributed by atoms with Crippen LogP contribution in [0.25, 0.3) is 4.96 Å². The number of imidazole rings is 1. The summed E-state index contributed by atoms with van der Waals surface area (Å²) in [6.45, 7) is 0. The van der Waals surface area contributed by atoms with Crippen LogP contribution in [0.3, 0.4) is 0 Å². The van der Waals surface area contributed by atoms with Gasteiger partial charge in [-0.2, -0.15) is 0 Å². The molecular formula is C5H2Cl2N2S. The van der Waals surface area contributed by atoms with Gasteiger partial charge < -0.3 is 0 Å². The summed E-state index contributed by atoms with van der Waals surface area (Å²) in [7, 11) is 0. The van der Waals surface area contributed by atoms with Gasteiger partial charge in [-0.1, -0.05) is 23.2 Å². The standard InChI is InChI=1S/C5H2Cl2N2S/c6-3-4(7)9-1-2-10-5(9)8-3/h1-2H. The molecule has 0 aliphatic heterocycles. The topological polar surface area (TPSA) is 17.3 Å². The molecule has 0 unspecified atom stereocenters. The maximum atomic E-state index is 5.76. The van der Waals surface area contributed by atoms with E-state index in [0.29, 0.717) is 10.3 Å². The van der Waals surface area contributed by atoms with Gasteiger partial charge in [-0.3, -0.25) is 4.40 Å². The van der Waals surface area contributed by atoms with Gasteiger partial charge in [0.05, 0.1) is 0 Å². The SMILES string of the molecule is Clc1nc2sccn2c1Cl. The number of aromatic nitrogens is 2. The van der Waals surface area contributed by atoms with Crippen molar-refractivity contribution in [1.82, 2.24) is 9.38 Å². The monoisotopic (exact) mass is 192 g/mol. The molecule has 52 valence electrons. The summed E-state index contributed by atoms with van der Waals surface area (Å²) in [5, 5.41) is 2.76. The van der Waals surface area contributed by atoms with Crippen molar-refractivity contribution in [3.8, 4) is 0 Å². The summed E-state index contributed by atoms with van der Waals surface area (Å²) < 4.78 is 1.74. The third kappa shape index (κ3) is 0.746. The second kappa shape index (κ2) is 2.12. The van der Waals surface area contributed by atoms with Gasteiger partial charge in [0.15, 0.2) is 15.3 Å². The van der Waals surface area contributed by atoms with Crippen LogP contribution in [-0.4, -0.2) is 9.38 Å². The molecule has 2 rings (SSSR count). The Bertz CT molecular complexity index is 364. The lowest BCUT2D eigenvalue weighted by Gasteiger charge is -1.81. The lowest BCUT2D eigenvalue weighted by atomic mass is 10.9. The summed E-state index contributed by atoms with van der Waals surface area (Å²) in [6, 6.07) is 0. The largest absolute Gasteiger partial charge is 0.280 e. The molecule has 2 aromatic rings. The Morgan fingerprint density at radius 3 is 3.00 bits per heavy atom. The zero-order chi connectivity index (χ0) is 7.14. The smallest absolute Gasteiger partial charge is 0.196 e. The van der Waals surface area contributed by atoms with Crippen LogP contribution in [0.5, 0.6) is 0 Å². The van der Waals surface area contributed by atoms with Crippen LogP contribution in [-0.2, 0) is 0 Å². The zero-order valence-electron chi connectivity index (χ0n) is 4.71. The molecule has 0 atom stereocenters. The summed E-state index contributed by atoms with van der Waals surface area (Å²) in [5.74, 6) is 0. The molecule has 0 saturated heterocycles. The molecule has 0 aliphatic rings. The molecule has 0 aliphatic carbocycles. The van der Waals surface area contributed by atoms with Crippen LogP contribution in [0.1, 0.15) is 0 Å². The van der Waals surface area contributed by atoms with Crippen LogP contribution in [0.4, 0.5) is 0 Å². The first kappa shape index (κ1) is 6.46. The summed E-state index contributed by atoms with van der Waals surface area (Å²) in [6.07, 6.45) is 1.83. The third-order valence-electron chi connectivity index (χ3n) is 1.16. The van der Waals surface area contributed by atoms with Crippen molar-refractivity contribution in [2.75, 3.05) is 0 Å². The predicted molar refractivity (Wildman–Crippen MR) is 43.1 cm³/mol. The highest BCUT2D eigenvalue weighted by Gasteiger charge is 2.06. The predicted octanol–water partition coefficient (Wildman–Crippen LogP) is 2.70. The molecule has 0 N–H and O–H groups in total. The maximum absolute atomic E-state index is 5.76. The van der Waals surface area contributed by atoms with Gasteiger partial charge in [0.2, 0.25) is 0 Å². The van der Waals surface area contributed by atoms with Gasteiger partial charge >= 0.3 is 0 Å². The van der Waals surface area contributed by atoms with Gasteiger partial charge in [0, 0.05) is 11.6 Å². The lowest BCUT2D eigenvalue weighted by Crippen LogP contribution is -1.71. The first-order chi connectivity index (χ1) is 4.79. The minimum Gasteiger partial charge on any atom is -0.280 e. The number of fused-ring (bicyclic) bond motifs is 1. The fourth-order valence-electron chi connectivity index (χ4n) is 0.732. The molecular weight excluding hydrogens is 191 g/mol. The Hall–Kier alpha value is -0.250. The highest BCUT2D eigenvalue weighted by Crippen LogP contribution is 2.24. The number of nitrogens with zero attached hydrogens (tertiary/aromatic N) is 2. The van der Waals surface area contributed by atoms with Crippen LogP contribution in [0, 0.1) is 0 Å². The van der Waals surface area contributed by atoms with E-state index in [0.717, 1.165) is 4.96 Å². The molecule has 0 amide bonds. The van der Waals surface area contributed by atoms with E-state index < -0.39 is 0 Å². The molecule has 2 heterocycles. The average molecular weight is 193 g/mol. The third-order valence-corrected chi connectivity index (χ3v) is 2.64. The van der Waals surface area contributed by atoms with E-state index in [1.165, 1.54) is 11.3 Å². The molecule has 5 heteroatoms. The van der Waals surface area contributed by atoms with E-state index in [2.05, 4.69) is 4.98 Å². The van der Waals surface area contributed by atoms with E-state index in [4.69, 9.17) is 23.2 Å². The molecule has 0 radical (unpaired) electrons. The van der Waals surface area contributed by atoms with Gasteiger partial charge in [0.25, 0.3) is 0 Å².